The van der Waals surface area contributed by atoms with E-state index in [0.29, 0.717) is 23.5 Å². The molecule has 0 aliphatic heterocycles. The zero-order chi connectivity index (χ0) is 23.3. The third-order valence-corrected chi connectivity index (χ3v) is 4.68. The van der Waals surface area contributed by atoms with Crippen molar-refractivity contribution in [2.45, 2.75) is 19.3 Å². The Balaban J connectivity index is 1.35. The lowest BCUT2D eigenvalue weighted by atomic mass is 10.1. The van der Waals surface area contributed by atoms with Gasteiger partial charge in [0.05, 0.1) is 23.7 Å². The molecule has 0 aliphatic rings. The highest BCUT2D eigenvalue weighted by Gasteiger charge is 2.30. The molecule has 4 rings (SSSR count). The Bertz CT molecular complexity index is 1280. The third-order valence-electron chi connectivity index (χ3n) is 4.68. The molecule has 0 aliphatic carbocycles. The number of rotatable bonds is 7. The number of nitrogens with one attached hydrogen (secondary N) is 1. The van der Waals surface area contributed by atoms with E-state index < -0.39 is 11.7 Å². The molecule has 0 atom stereocenters. The van der Waals surface area contributed by atoms with Crippen molar-refractivity contribution in [3.8, 4) is 23.2 Å². The molecule has 33 heavy (non-hydrogen) atoms. The molecule has 9 heteroatoms. The Morgan fingerprint density at radius 1 is 1.00 bits per heavy atom. The topological polar surface area (TPSA) is 84.0 Å². The Kier molecular flexibility index (Phi) is 6.26. The van der Waals surface area contributed by atoms with Gasteiger partial charge in [-0.3, -0.25) is 0 Å². The summed E-state index contributed by atoms with van der Waals surface area (Å²) >= 11 is 0. The van der Waals surface area contributed by atoms with Gasteiger partial charge in [-0.05, 0) is 42.0 Å². The molecule has 0 spiro atoms. The van der Waals surface area contributed by atoms with Crippen LogP contribution in [0.25, 0.3) is 11.4 Å². The number of hydrogen-bond acceptors (Lipinski definition) is 6. The van der Waals surface area contributed by atoms with Crippen LogP contribution >= 0.6 is 0 Å². The molecule has 1 N–H and O–H groups in total. The second kappa shape index (κ2) is 9.44. The predicted octanol–water partition coefficient (Wildman–Crippen LogP) is 5.82. The SMILES string of the molecule is N#Cc1cccc(COc2cccc(NCc3nc(-c4ccc(C(F)(F)F)cc4)no3)c2)c1. The monoisotopic (exact) mass is 450 g/mol. The minimum atomic E-state index is -4.40. The first-order chi connectivity index (χ1) is 15.9. The Morgan fingerprint density at radius 3 is 2.55 bits per heavy atom. The van der Waals surface area contributed by atoms with Gasteiger partial charge in [0, 0.05) is 17.3 Å². The van der Waals surface area contributed by atoms with Crippen molar-refractivity contribution in [2.75, 3.05) is 5.32 Å². The van der Waals surface area contributed by atoms with Crippen molar-refractivity contribution in [3.05, 3.63) is 95.4 Å². The molecule has 0 saturated heterocycles. The number of benzene rings is 3. The summed E-state index contributed by atoms with van der Waals surface area (Å²) in [4.78, 5) is 4.22. The predicted molar refractivity (Wildman–Crippen MR) is 114 cm³/mol. The van der Waals surface area contributed by atoms with E-state index in [9.17, 15) is 13.2 Å². The van der Waals surface area contributed by atoms with Crippen LogP contribution in [-0.2, 0) is 19.3 Å². The van der Waals surface area contributed by atoms with Crippen LogP contribution in [0.2, 0.25) is 0 Å². The summed E-state index contributed by atoms with van der Waals surface area (Å²) in [6.45, 7) is 0.542. The van der Waals surface area contributed by atoms with E-state index in [2.05, 4.69) is 21.5 Å². The molecule has 0 unspecified atom stereocenters. The average Bonchev–Trinajstić information content (AvgIpc) is 3.30. The van der Waals surface area contributed by atoms with Gasteiger partial charge in [-0.15, -0.1) is 0 Å². The van der Waals surface area contributed by atoms with Gasteiger partial charge in [0.2, 0.25) is 11.7 Å². The molecule has 6 nitrogen and oxygen atoms in total. The number of ether oxygens (including phenoxy) is 1. The van der Waals surface area contributed by atoms with Crippen molar-refractivity contribution in [1.82, 2.24) is 10.1 Å². The Labute approximate surface area is 187 Å². The van der Waals surface area contributed by atoms with Crippen LogP contribution in [0.1, 0.15) is 22.6 Å². The lowest BCUT2D eigenvalue weighted by Crippen LogP contribution is -2.04. The molecule has 1 heterocycles. The van der Waals surface area contributed by atoms with Crippen molar-refractivity contribution >= 4 is 5.69 Å². The molecule has 0 bridgehead atoms. The second-order valence-corrected chi connectivity index (χ2v) is 7.07. The molecule has 0 amide bonds. The lowest BCUT2D eigenvalue weighted by molar-refractivity contribution is -0.137. The molecule has 1 aromatic heterocycles. The second-order valence-electron chi connectivity index (χ2n) is 7.07. The van der Waals surface area contributed by atoms with Gasteiger partial charge in [0.25, 0.3) is 0 Å². The molecule has 4 aromatic rings. The van der Waals surface area contributed by atoms with Crippen LogP contribution in [0.3, 0.4) is 0 Å². The highest BCUT2D eigenvalue weighted by Crippen LogP contribution is 2.30. The summed E-state index contributed by atoms with van der Waals surface area (Å²) in [6.07, 6.45) is -4.40. The minimum Gasteiger partial charge on any atom is -0.489 e. The van der Waals surface area contributed by atoms with E-state index in [1.807, 2.05) is 24.3 Å². The first-order valence-corrected chi connectivity index (χ1v) is 9.87. The highest BCUT2D eigenvalue weighted by molar-refractivity contribution is 5.55. The number of alkyl halides is 3. The fourth-order valence-electron chi connectivity index (χ4n) is 3.02. The van der Waals surface area contributed by atoms with Crippen molar-refractivity contribution in [1.29, 1.82) is 5.26 Å². The van der Waals surface area contributed by atoms with Crippen LogP contribution in [0, 0.1) is 11.3 Å². The maximum absolute atomic E-state index is 12.7. The average molecular weight is 450 g/mol. The van der Waals surface area contributed by atoms with Crippen LogP contribution in [0.4, 0.5) is 18.9 Å². The van der Waals surface area contributed by atoms with Crippen LogP contribution < -0.4 is 10.1 Å². The standard InChI is InChI=1S/C24H17F3N4O2/c25-24(26,27)19-9-7-18(8-10-19)23-30-22(33-31-23)14-29-20-5-2-6-21(12-20)32-15-17-4-1-3-16(11-17)13-28/h1-12,29H,14-15H2. The Hall–Kier alpha value is -4.32. The summed E-state index contributed by atoms with van der Waals surface area (Å²) in [7, 11) is 0. The lowest BCUT2D eigenvalue weighted by Gasteiger charge is -2.09. The maximum atomic E-state index is 12.7. The van der Waals surface area contributed by atoms with E-state index >= 15 is 0 Å². The number of halogens is 3. The summed E-state index contributed by atoms with van der Waals surface area (Å²) < 4.78 is 49.1. The zero-order valence-electron chi connectivity index (χ0n) is 17.1. The van der Waals surface area contributed by atoms with Gasteiger partial charge in [-0.25, -0.2) is 0 Å². The normalized spacial score (nSPS) is 11.1. The smallest absolute Gasteiger partial charge is 0.416 e. The summed E-state index contributed by atoms with van der Waals surface area (Å²) in [6, 6.07) is 21.1. The van der Waals surface area contributed by atoms with E-state index in [0.717, 1.165) is 23.4 Å². The van der Waals surface area contributed by atoms with Gasteiger partial charge in [-0.2, -0.15) is 23.4 Å². The number of hydrogen-bond donors (Lipinski definition) is 1. The van der Waals surface area contributed by atoms with Gasteiger partial charge >= 0.3 is 6.18 Å². The third kappa shape index (κ3) is 5.68. The number of nitrogens with zero attached hydrogens (tertiary/aromatic N) is 3. The van der Waals surface area contributed by atoms with Crippen LogP contribution in [-0.4, -0.2) is 10.1 Å². The quantitative estimate of drug-likeness (QED) is 0.382. The van der Waals surface area contributed by atoms with Crippen LogP contribution in [0.15, 0.2) is 77.3 Å². The summed E-state index contributed by atoms with van der Waals surface area (Å²) in [5, 5.41) is 16.0. The Morgan fingerprint density at radius 2 is 1.79 bits per heavy atom. The molecular formula is C24H17F3N4O2. The first kappa shape index (κ1) is 21.9. The fourth-order valence-corrected chi connectivity index (χ4v) is 3.02. The largest absolute Gasteiger partial charge is 0.489 e. The van der Waals surface area contributed by atoms with Crippen molar-refractivity contribution in [3.63, 3.8) is 0 Å². The molecule has 0 radical (unpaired) electrons. The molecule has 0 saturated carbocycles. The van der Waals surface area contributed by atoms with Gasteiger partial charge in [0.1, 0.15) is 12.4 Å². The van der Waals surface area contributed by atoms with Crippen molar-refractivity contribution in [2.24, 2.45) is 0 Å². The zero-order valence-corrected chi connectivity index (χ0v) is 17.1. The number of nitriles is 1. The molecular weight excluding hydrogens is 433 g/mol. The minimum absolute atomic E-state index is 0.206. The number of anilines is 1. The van der Waals surface area contributed by atoms with Gasteiger partial charge in [0.15, 0.2) is 0 Å². The highest BCUT2D eigenvalue weighted by atomic mass is 19.4. The van der Waals surface area contributed by atoms with E-state index in [1.54, 1.807) is 24.3 Å². The molecule has 3 aromatic carbocycles. The maximum Gasteiger partial charge on any atom is 0.416 e. The fraction of sp³-hybridized carbons (Fsp3) is 0.125. The summed E-state index contributed by atoms with van der Waals surface area (Å²) in [5.74, 6) is 1.13. The van der Waals surface area contributed by atoms with E-state index in [1.165, 1.54) is 12.1 Å². The molecule has 166 valence electrons. The van der Waals surface area contributed by atoms with Gasteiger partial charge in [-0.1, -0.05) is 35.5 Å². The van der Waals surface area contributed by atoms with E-state index in [-0.39, 0.29) is 18.3 Å². The van der Waals surface area contributed by atoms with E-state index in [4.69, 9.17) is 14.5 Å². The number of aromatic nitrogens is 2. The summed E-state index contributed by atoms with van der Waals surface area (Å²) in [5.41, 5.74) is 1.90. The first-order valence-electron chi connectivity index (χ1n) is 9.87. The van der Waals surface area contributed by atoms with Crippen molar-refractivity contribution < 1.29 is 22.4 Å². The molecule has 0 fully saturated rings. The van der Waals surface area contributed by atoms with Crippen LogP contribution in [0.5, 0.6) is 5.75 Å². The van der Waals surface area contributed by atoms with Gasteiger partial charge < -0.3 is 14.6 Å².